The van der Waals surface area contributed by atoms with E-state index >= 15 is 0 Å². The van der Waals surface area contributed by atoms with Gasteiger partial charge in [-0.2, -0.15) is 0 Å². The molecule has 1 fully saturated rings. The molecule has 1 aromatic carbocycles. The molecule has 0 aliphatic carbocycles. The molecular formula is C17H23N3O2. The maximum atomic E-state index is 12.6. The third kappa shape index (κ3) is 2.95. The Morgan fingerprint density at radius 3 is 2.68 bits per heavy atom. The zero-order chi connectivity index (χ0) is 15.5. The number of aromatic amines is 1. The van der Waals surface area contributed by atoms with Gasteiger partial charge in [-0.15, -0.1) is 0 Å². The number of fused-ring (bicyclic) bond motifs is 1. The number of carbonyl (C=O) groups is 1. The molecular weight excluding hydrogens is 278 g/mol. The predicted molar refractivity (Wildman–Crippen MR) is 87.5 cm³/mol. The summed E-state index contributed by atoms with van der Waals surface area (Å²) in [6.07, 6.45) is 1.16. The first kappa shape index (κ1) is 14.9. The third-order valence-corrected chi connectivity index (χ3v) is 4.26. The second-order valence-electron chi connectivity index (χ2n) is 5.77. The van der Waals surface area contributed by atoms with Crippen LogP contribution in [0.3, 0.4) is 0 Å². The highest BCUT2D eigenvalue weighted by Gasteiger charge is 2.22. The molecule has 0 unspecified atom stereocenters. The van der Waals surface area contributed by atoms with Crippen LogP contribution in [0.15, 0.2) is 24.3 Å². The number of methoxy groups -OCH3 is 1. The van der Waals surface area contributed by atoms with Gasteiger partial charge in [0.05, 0.1) is 7.11 Å². The fourth-order valence-corrected chi connectivity index (χ4v) is 3.01. The number of H-pyrrole nitrogens is 1. The van der Waals surface area contributed by atoms with Gasteiger partial charge in [-0.25, -0.2) is 0 Å². The van der Waals surface area contributed by atoms with Crippen LogP contribution in [0.2, 0.25) is 0 Å². The van der Waals surface area contributed by atoms with E-state index < -0.39 is 0 Å². The summed E-state index contributed by atoms with van der Waals surface area (Å²) in [6, 6.07) is 7.71. The van der Waals surface area contributed by atoms with Crippen LogP contribution in [-0.2, 0) is 0 Å². The minimum Gasteiger partial charge on any atom is -0.497 e. The normalized spacial score (nSPS) is 16.2. The van der Waals surface area contributed by atoms with Crippen LogP contribution in [0.25, 0.3) is 10.9 Å². The van der Waals surface area contributed by atoms with E-state index in [2.05, 4.69) is 16.8 Å². The number of amides is 1. The summed E-state index contributed by atoms with van der Waals surface area (Å²) in [4.78, 5) is 20.2. The van der Waals surface area contributed by atoms with Crippen LogP contribution in [0, 0.1) is 0 Å². The molecule has 1 aromatic heterocycles. The first-order valence-electron chi connectivity index (χ1n) is 7.89. The third-order valence-electron chi connectivity index (χ3n) is 4.26. The lowest BCUT2D eigenvalue weighted by molar-refractivity contribution is 0.0632. The van der Waals surface area contributed by atoms with Gasteiger partial charge in [0.2, 0.25) is 0 Å². The van der Waals surface area contributed by atoms with E-state index in [0.29, 0.717) is 5.69 Å². The molecule has 118 valence electrons. The minimum atomic E-state index is 0.0892. The summed E-state index contributed by atoms with van der Waals surface area (Å²) >= 11 is 0. The molecule has 0 radical (unpaired) electrons. The van der Waals surface area contributed by atoms with Crippen LogP contribution < -0.4 is 4.74 Å². The molecule has 1 saturated heterocycles. The highest BCUT2D eigenvalue weighted by Crippen LogP contribution is 2.22. The fraction of sp³-hybridized carbons (Fsp3) is 0.471. The quantitative estimate of drug-likeness (QED) is 0.943. The van der Waals surface area contributed by atoms with E-state index in [-0.39, 0.29) is 5.91 Å². The number of nitrogens with one attached hydrogen (secondary N) is 1. The van der Waals surface area contributed by atoms with Crippen molar-refractivity contribution >= 4 is 16.8 Å². The van der Waals surface area contributed by atoms with Crippen LogP contribution in [0.4, 0.5) is 0 Å². The maximum absolute atomic E-state index is 12.6. The van der Waals surface area contributed by atoms with Crippen molar-refractivity contribution in [2.45, 2.75) is 13.3 Å². The fourth-order valence-electron chi connectivity index (χ4n) is 3.01. The van der Waals surface area contributed by atoms with Crippen molar-refractivity contribution in [2.24, 2.45) is 0 Å². The van der Waals surface area contributed by atoms with Crippen molar-refractivity contribution in [1.29, 1.82) is 0 Å². The summed E-state index contributed by atoms with van der Waals surface area (Å²) < 4.78 is 5.23. The Morgan fingerprint density at radius 2 is 2.00 bits per heavy atom. The Bertz CT molecular complexity index is 657. The zero-order valence-corrected chi connectivity index (χ0v) is 13.3. The van der Waals surface area contributed by atoms with Crippen LogP contribution >= 0.6 is 0 Å². The summed E-state index contributed by atoms with van der Waals surface area (Å²) in [5, 5.41) is 1.01. The molecule has 2 heterocycles. The summed E-state index contributed by atoms with van der Waals surface area (Å²) in [6.45, 7) is 6.85. The second-order valence-corrected chi connectivity index (χ2v) is 5.77. The lowest BCUT2D eigenvalue weighted by Gasteiger charge is -2.34. The topological polar surface area (TPSA) is 48.6 Å². The molecule has 1 N–H and O–H groups in total. The van der Waals surface area contributed by atoms with Gasteiger partial charge in [0.1, 0.15) is 11.4 Å². The molecule has 0 saturated carbocycles. The highest BCUT2D eigenvalue weighted by atomic mass is 16.5. The van der Waals surface area contributed by atoms with E-state index in [4.69, 9.17) is 4.74 Å². The van der Waals surface area contributed by atoms with Gasteiger partial charge in [0.15, 0.2) is 0 Å². The van der Waals surface area contributed by atoms with E-state index in [1.807, 2.05) is 29.2 Å². The number of benzene rings is 1. The monoisotopic (exact) mass is 301 g/mol. The maximum Gasteiger partial charge on any atom is 0.270 e. The number of carbonyl (C=O) groups excluding carboxylic acids is 1. The molecule has 22 heavy (non-hydrogen) atoms. The van der Waals surface area contributed by atoms with E-state index in [9.17, 15) is 4.79 Å². The Kier molecular flexibility index (Phi) is 4.34. The van der Waals surface area contributed by atoms with E-state index in [0.717, 1.165) is 55.8 Å². The molecule has 0 spiro atoms. The Hall–Kier alpha value is -2.01. The lowest BCUT2D eigenvalue weighted by atomic mass is 10.2. The Labute approximate surface area is 130 Å². The average Bonchev–Trinajstić information content (AvgIpc) is 2.98. The molecule has 2 aromatic rings. The summed E-state index contributed by atoms with van der Waals surface area (Å²) in [5.41, 5.74) is 1.63. The average molecular weight is 301 g/mol. The summed E-state index contributed by atoms with van der Waals surface area (Å²) in [7, 11) is 1.65. The Morgan fingerprint density at radius 1 is 1.23 bits per heavy atom. The number of rotatable bonds is 4. The smallest absolute Gasteiger partial charge is 0.270 e. The van der Waals surface area contributed by atoms with Gasteiger partial charge in [-0.1, -0.05) is 6.92 Å². The standard InChI is InChI=1S/C17H23N3O2/c1-3-6-19-7-9-20(10-8-19)17(21)16-12-13-11-14(22-2)4-5-15(13)18-16/h4-5,11-12,18H,3,6-10H2,1-2H3. The van der Waals surface area contributed by atoms with Gasteiger partial charge >= 0.3 is 0 Å². The van der Waals surface area contributed by atoms with Crippen LogP contribution in [0.1, 0.15) is 23.8 Å². The zero-order valence-electron chi connectivity index (χ0n) is 13.3. The van der Waals surface area contributed by atoms with Crippen LogP contribution in [0.5, 0.6) is 5.75 Å². The molecule has 5 nitrogen and oxygen atoms in total. The van der Waals surface area contributed by atoms with Crippen molar-refractivity contribution < 1.29 is 9.53 Å². The second kappa shape index (κ2) is 6.40. The predicted octanol–water partition coefficient (Wildman–Crippen LogP) is 2.34. The molecule has 0 atom stereocenters. The van der Waals surface area contributed by atoms with Crippen molar-refractivity contribution in [3.63, 3.8) is 0 Å². The van der Waals surface area contributed by atoms with Crippen molar-refractivity contribution in [3.8, 4) is 5.75 Å². The largest absolute Gasteiger partial charge is 0.497 e. The number of piperazine rings is 1. The van der Waals surface area contributed by atoms with Gasteiger partial charge in [0.25, 0.3) is 5.91 Å². The van der Waals surface area contributed by atoms with E-state index in [1.54, 1.807) is 7.11 Å². The first-order chi connectivity index (χ1) is 10.7. The van der Waals surface area contributed by atoms with Gasteiger partial charge in [-0.3, -0.25) is 9.69 Å². The molecule has 0 bridgehead atoms. The minimum absolute atomic E-state index is 0.0892. The molecule has 1 amide bonds. The van der Waals surface area contributed by atoms with Crippen molar-refractivity contribution in [2.75, 3.05) is 39.8 Å². The number of hydrogen-bond acceptors (Lipinski definition) is 3. The van der Waals surface area contributed by atoms with Gasteiger partial charge < -0.3 is 14.6 Å². The lowest BCUT2D eigenvalue weighted by Crippen LogP contribution is -2.48. The number of ether oxygens (including phenoxy) is 1. The number of nitrogens with zero attached hydrogens (tertiary/aromatic N) is 2. The van der Waals surface area contributed by atoms with Gasteiger partial charge in [-0.05, 0) is 37.2 Å². The Balaban J connectivity index is 1.72. The first-order valence-corrected chi connectivity index (χ1v) is 7.89. The van der Waals surface area contributed by atoms with E-state index in [1.165, 1.54) is 0 Å². The number of hydrogen-bond donors (Lipinski definition) is 1. The molecule has 1 aliphatic heterocycles. The number of aromatic nitrogens is 1. The molecule has 5 heteroatoms. The highest BCUT2D eigenvalue weighted by molar-refractivity contribution is 5.98. The summed E-state index contributed by atoms with van der Waals surface area (Å²) in [5.74, 6) is 0.894. The van der Waals surface area contributed by atoms with Gasteiger partial charge in [0, 0.05) is 37.1 Å². The van der Waals surface area contributed by atoms with Crippen LogP contribution in [-0.4, -0.2) is 60.5 Å². The SMILES string of the molecule is CCCN1CCN(C(=O)c2cc3cc(OC)ccc3[nH]2)CC1. The van der Waals surface area contributed by atoms with Crippen molar-refractivity contribution in [1.82, 2.24) is 14.8 Å². The van der Waals surface area contributed by atoms with Crippen molar-refractivity contribution in [3.05, 3.63) is 30.0 Å². The molecule has 3 rings (SSSR count). The molecule has 1 aliphatic rings.